The maximum absolute atomic E-state index is 13.8. The van der Waals surface area contributed by atoms with Crippen LogP contribution in [0, 0.1) is 0 Å². The Morgan fingerprint density at radius 3 is 2.73 bits per heavy atom. The van der Waals surface area contributed by atoms with E-state index in [4.69, 9.17) is 24.3 Å². The topological polar surface area (TPSA) is 222 Å². The molecule has 1 aliphatic heterocycles. The monoisotopic (exact) mass is 575 g/mol. The third kappa shape index (κ3) is 6.02. The number of ether oxygens (including phenoxy) is 2. The number of hydrogen-bond acceptors (Lipinski definition) is 12. The first kappa shape index (κ1) is 29.2. The van der Waals surface area contributed by atoms with E-state index in [2.05, 4.69) is 30.1 Å². The normalized spacial score (nSPS) is 24.8. The number of nitrogens with two attached hydrogens (primary N) is 1. The van der Waals surface area contributed by atoms with Gasteiger partial charge in [-0.05, 0) is 45.4 Å². The van der Waals surface area contributed by atoms with Gasteiger partial charge in [-0.15, -0.1) is 0 Å². The zero-order chi connectivity index (χ0) is 29.1. The summed E-state index contributed by atoms with van der Waals surface area (Å²) in [6.45, 7) is 5.81. The Morgan fingerprint density at radius 1 is 1.32 bits per heavy atom. The van der Waals surface area contributed by atoms with Crippen LogP contribution in [0.15, 0.2) is 48.1 Å². The van der Waals surface area contributed by atoms with Gasteiger partial charge in [0.15, 0.2) is 17.7 Å². The number of benzene rings is 1. The molecule has 4 N–H and O–H groups in total. The highest BCUT2D eigenvalue weighted by Gasteiger charge is 2.55. The van der Waals surface area contributed by atoms with Crippen LogP contribution in [0.5, 0.6) is 5.75 Å². The molecular formula is C23H30N9O7P. The Morgan fingerprint density at radius 2 is 2.05 bits per heavy atom. The first-order valence-corrected chi connectivity index (χ1v) is 13.8. The van der Waals surface area contributed by atoms with E-state index < -0.39 is 56.4 Å². The van der Waals surface area contributed by atoms with Crippen LogP contribution in [-0.2, 0) is 23.4 Å². The van der Waals surface area contributed by atoms with Crippen molar-refractivity contribution >= 4 is 30.7 Å². The van der Waals surface area contributed by atoms with Crippen LogP contribution >= 0.6 is 7.75 Å². The maximum Gasteiger partial charge on any atom is 0.459 e. The number of aliphatic hydroxyl groups is 1. The molecule has 4 rings (SSSR count). The molecule has 17 heteroatoms. The lowest BCUT2D eigenvalue weighted by Gasteiger charge is -2.28. The number of anilines is 1. The fourth-order valence-corrected chi connectivity index (χ4v) is 5.63. The van der Waals surface area contributed by atoms with Crippen molar-refractivity contribution in [1.29, 1.82) is 0 Å². The number of nitrogens with one attached hydrogen (secondary N) is 1. The summed E-state index contributed by atoms with van der Waals surface area (Å²) in [5.74, 6) is -0.339. The second-order valence-electron chi connectivity index (χ2n) is 9.50. The number of esters is 1. The van der Waals surface area contributed by atoms with E-state index in [1.54, 1.807) is 44.2 Å². The van der Waals surface area contributed by atoms with Crippen molar-refractivity contribution in [1.82, 2.24) is 24.6 Å². The number of aliphatic hydroxyl groups excluding tert-OH is 1. The number of para-hydroxylation sites is 1. The summed E-state index contributed by atoms with van der Waals surface area (Å²) in [4.78, 5) is 27.6. The van der Waals surface area contributed by atoms with Gasteiger partial charge in [0, 0.05) is 4.91 Å². The molecule has 2 aromatic heterocycles. The number of aromatic nitrogens is 4. The summed E-state index contributed by atoms with van der Waals surface area (Å²) >= 11 is 0. The number of carbonyl (C=O) groups excluding carboxylic acids is 1. The number of nitrogen functional groups attached to an aromatic ring is 1. The largest absolute Gasteiger partial charge is 0.462 e. The van der Waals surface area contributed by atoms with E-state index in [-0.39, 0.29) is 22.7 Å². The highest BCUT2D eigenvalue weighted by molar-refractivity contribution is 7.52. The Hall–Kier alpha value is -3.78. The molecule has 40 heavy (non-hydrogen) atoms. The Bertz CT molecular complexity index is 1450. The molecule has 0 radical (unpaired) electrons. The van der Waals surface area contributed by atoms with Gasteiger partial charge in [0.2, 0.25) is 0 Å². The standard InChI is InChI=1S/C23H30N9O7P/c1-13(2)37-21(34)14(3)29-40(35,39-15-8-6-5-7-9-15)36-10-16-18(33)23(4,30-31-25)22(38-16)32-12-28-17-19(24)26-11-27-20(17)32/h5-9,11-14,16,18,22,33H,10H2,1-4H3,(H,29,35)(H2,24,26,27)/t14-,16-,18-,22-,23-,40+/m1/s1. The molecule has 1 saturated heterocycles. The van der Waals surface area contributed by atoms with Gasteiger partial charge in [0.25, 0.3) is 0 Å². The van der Waals surface area contributed by atoms with E-state index in [0.29, 0.717) is 0 Å². The minimum Gasteiger partial charge on any atom is -0.462 e. The minimum absolute atomic E-state index is 0.128. The number of carbonyl (C=O) groups is 1. The SMILES string of the molecule is CC(C)OC(=O)[C@@H](C)N[P@](=O)(OC[C@H]1O[C@@H](n2cnc3c(N)ncnc32)[C@](C)(N=[N+]=[N-])[C@@H]1O)Oc1ccccc1. The molecule has 0 spiro atoms. The number of rotatable bonds is 11. The van der Waals surface area contributed by atoms with Crippen molar-refractivity contribution in [2.24, 2.45) is 5.11 Å². The van der Waals surface area contributed by atoms with E-state index in [1.165, 1.54) is 31.1 Å². The van der Waals surface area contributed by atoms with Crippen molar-refractivity contribution in [3.8, 4) is 5.75 Å². The van der Waals surface area contributed by atoms with Gasteiger partial charge in [-0.25, -0.2) is 19.5 Å². The van der Waals surface area contributed by atoms with Gasteiger partial charge in [0.05, 0.1) is 25.1 Å². The molecule has 6 atom stereocenters. The number of nitrogens with zero attached hydrogens (tertiary/aromatic N) is 7. The predicted molar refractivity (Wildman–Crippen MR) is 142 cm³/mol. The number of azide groups is 1. The molecule has 3 heterocycles. The molecular weight excluding hydrogens is 545 g/mol. The van der Waals surface area contributed by atoms with E-state index in [0.717, 1.165) is 0 Å². The van der Waals surface area contributed by atoms with Gasteiger partial charge in [0.1, 0.15) is 35.3 Å². The lowest BCUT2D eigenvalue weighted by Crippen LogP contribution is -2.43. The van der Waals surface area contributed by atoms with Crippen molar-refractivity contribution in [3.63, 3.8) is 0 Å². The summed E-state index contributed by atoms with van der Waals surface area (Å²) in [5.41, 5.74) is 14.2. The highest BCUT2D eigenvalue weighted by Crippen LogP contribution is 2.48. The first-order valence-electron chi connectivity index (χ1n) is 12.3. The molecule has 0 unspecified atom stereocenters. The Kier molecular flexibility index (Phi) is 8.59. The molecule has 0 aliphatic carbocycles. The molecule has 0 bridgehead atoms. The van der Waals surface area contributed by atoms with Gasteiger partial charge in [-0.2, -0.15) is 5.09 Å². The number of hydrogen-bond donors (Lipinski definition) is 3. The summed E-state index contributed by atoms with van der Waals surface area (Å²) in [6.07, 6.45) is -1.49. The molecule has 0 amide bonds. The van der Waals surface area contributed by atoms with E-state index >= 15 is 0 Å². The quantitative estimate of drug-likeness (QED) is 0.0987. The zero-order valence-corrected chi connectivity index (χ0v) is 23.1. The average molecular weight is 576 g/mol. The summed E-state index contributed by atoms with van der Waals surface area (Å²) in [5, 5.41) is 17.6. The fraction of sp³-hybridized carbons (Fsp3) is 0.478. The number of fused-ring (bicyclic) bond motifs is 1. The van der Waals surface area contributed by atoms with Gasteiger partial charge in [-0.1, -0.05) is 23.3 Å². The molecule has 1 aliphatic rings. The average Bonchev–Trinajstić information content (AvgIpc) is 3.43. The smallest absolute Gasteiger partial charge is 0.459 e. The third-order valence-corrected chi connectivity index (χ3v) is 7.73. The van der Waals surface area contributed by atoms with Crippen molar-refractivity contribution in [2.45, 2.75) is 63.8 Å². The van der Waals surface area contributed by atoms with Crippen LogP contribution in [0.2, 0.25) is 0 Å². The van der Waals surface area contributed by atoms with Crippen LogP contribution in [0.3, 0.4) is 0 Å². The van der Waals surface area contributed by atoms with Crippen molar-refractivity contribution < 1.29 is 33.0 Å². The molecule has 214 valence electrons. The summed E-state index contributed by atoms with van der Waals surface area (Å²) in [7, 11) is -4.26. The zero-order valence-electron chi connectivity index (χ0n) is 22.2. The molecule has 3 aromatic rings. The van der Waals surface area contributed by atoms with Crippen LogP contribution in [0.25, 0.3) is 21.6 Å². The van der Waals surface area contributed by atoms with Crippen LogP contribution in [0.4, 0.5) is 5.82 Å². The van der Waals surface area contributed by atoms with Crippen LogP contribution < -0.4 is 15.3 Å². The minimum atomic E-state index is -4.26. The first-order chi connectivity index (χ1) is 19.0. The fourth-order valence-electron chi connectivity index (χ4n) is 4.13. The summed E-state index contributed by atoms with van der Waals surface area (Å²) in [6, 6.07) is 7.12. The maximum atomic E-state index is 13.8. The van der Waals surface area contributed by atoms with Crippen LogP contribution in [0.1, 0.15) is 33.9 Å². The van der Waals surface area contributed by atoms with Crippen molar-refractivity contribution in [3.05, 3.63) is 53.4 Å². The molecule has 1 aromatic carbocycles. The molecule has 0 saturated carbocycles. The lowest BCUT2D eigenvalue weighted by atomic mass is 9.93. The molecule has 1 fully saturated rings. The second kappa shape index (κ2) is 11.8. The predicted octanol–water partition coefficient (Wildman–Crippen LogP) is 2.87. The van der Waals surface area contributed by atoms with Crippen molar-refractivity contribution in [2.75, 3.05) is 12.3 Å². The number of imidazole rings is 1. The Labute approximate surface area is 229 Å². The van der Waals surface area contributed by atoms with Gasteiger partial charge < -0.3 is 24.8 Å². The van der Waals surface area contributed by atoms with Crippen LogP contribution in [-0.4, -0.2) is 67.1 Å². The Balaban J connectivity index is 1.60. The highest BCUT2D eigenvalue weighted by atomic mass is 31.2. The van der Waals surface area contributed by atoms with E-state index in [9.17, 15) is 20.0 Å². The van der Waals surface area contributed by atoms with Gasteiger partial charge in [-0.3, -0.25) is 13.9 Å². The lowest BCUT2D eigenvalue weighted by molar-refractivity contribution is -0.149. The van der Waals surface area contributed by atoms with E-state index in [1.807, 2.05) is 0 Å². The molecule has 16 nitrogen and oxygen atoms in total. The summed E-state index contributed by atoms with van der Waals surface area (Å²) < 4.78 is 37.9. The van der Waals surface area contributed by atoms with Gasteiger partial charge >= 0.3 is 13.7 Å². The second-order valence-corrected chi connectivity index (χ2v) is 11.2. The third-order valence-electron chi connectivity index (χ3n) is 6.09.